The highest BCUT2D eigenvalue weighted by Crippen LogP contribution is 2.30. The third-order valence-corrected chi connectivity index (χ3v) is 3.72. The molecule has 4 nitrogen and oxygen atoms in total. The average molecular weight is 264 g/mol. The highest BCUT2D eigenvalue weighted by molar-refractivity contribution is 5.46. The van der Waals surface area contributed by atoms with Crippen molar-refractivity contribution in [1.82, 2.24) is 10.2 Å². The van der Waals surface area contributed by atoms with E-state index < -0.39 is 0 Å². The zero-order valence-electron chi connectivity index (χ0n) is 12.1. The van der Waals surface area contributed by atoms with Crippen LogP contribution in [0.25, 0.3) is 0 Å². The summed E-state index contributed by atoms with van der Waals surface area (Å²) in [5.41, 5.74) is 1.15. The van der Waals surface area contributed by atoms with Crippen LogP contribution in [0.2, 0.25) is 0 Å². The van der Waals surface area contributed by atoms with E-state index in [1.165, 1.54) is 19.5 Å². The van der Waals surface area contributed by atoms with Crippen molar-refractivity contribution in [3.8, 4) is 11.5 Å². The van der Waals surface area contributed by atoms with Gasteiger partial charge in [0.15, 0.2) is 11.5 Å². The van der Waals surface area contributed by atoms with Crippen molar-refractivity contribution >= 4 is 0 Å². The third kappa shape index (κ3) is 3.61. The molecule has 1 aromatic rings. The smallest absolute Gasteiger partial charge is 0.165 e. The molecule has 1 N–H and O–H groups in total. The Morgan fingerprint density at radius 1 is 1.32 bits per heavy atom. The van der Waals surface area contributed by atoms with Crippen molar-refractivity contribution in [3.63, 3.8) is 0 Å². The summed E-state index contributed by atoms with van der Waals surface area (Å²) in [6.07, 6.45) is 1.29. The zero-order valence-corrected chi connectivity index (χ0v) is 12.1. The van der Waals surface area contributed by atoms with Gasteiger partial charge >= 0.3 is 0 Å². The monoisotopic (exact) mass is 264 g/mol. The summed E-state index contributed by atoms with van der Waals surface area (Å²) in [7, 11) is 5.54. The SMILES string of the molecule is COc1cccc(CNCC2CCN(C)C2)c1OC. The molecule has 0 radical (unpaired) electrons. The number of nitrogens with zero attached hydrogens (tertiary/aromatic N) is 1. The van der Waals surface area contributed by atoms with Gasteiger partial charge in [-0.25, -0.2) is 0 Å². The van der Waals surface area contributed by atoms with Crippen molar-refractivity contribution < 1.29 is 9.47 Å². The summed E-state index contributed by atoms with van der Waals surface area (Å²) in [6, 6.07) is 6.01. The van der Waals surface area contributed by atoms with E-state index in [-0.39, 0.29) is 0 Å². The first-order valence-corrected chi connectivity index (χ1v) is 6.83. The molecule has 1 atom stereocenters. The van der Waals surface area contributed by atoms with Crippen LogP contribution in [-0.4, -0.2) is 45.8 Å². The number of benzene rings is 1. The quantitative estimate of drug-likeness (QED) is 0.848. The van der Waals surface area contributed by atoms with Crippen molar-refractivity contribution in [1.29, 1.82) is 0 Å². The molecule has 1 fully saturated rings. The number of para-hydroxylation sites is 1. The number of nitrogens with one attached hydrogen (secondary N) is 1. The number of rotatable bonds is 6. The minimum Gasteiger partial charge on any atom is -0.493 e. The minimum absolute atomic E-state index is 0.765. The Bertz CT molecular complexity index is 409. The van der Waals surface area contributed by atoms with E-state index in [9.17, 15) is 0 Å². The van der Waals surface area contributed by atoms with Gasteiger partial charge in [0.2, 0.25) is 0 Å². The van der Waals surface area contributed by atoms with E-state index >= 15 is 0 Å². The van der Waals surface area contributed by atoms with Gasteiger partial charge in [-0.15, -0.1) is 0 Å². The molecule has 1 aliphatic heterocycles. The van der Waals surface area contributed by atoms with Gasteiger partial charge in [-0.05, 0) is 38.5 Å². The Morgan fingerprint density at radius 3 is 2.79 bits per heavy atom. The summed E-state index contributed by atoms with van der Waals surface area (Å²) in [5, 5.41) is 3.53. The number of methoxy groups -OCH3 is 2. The van der Waals surface area contributed by atoms with Crippen LogP contribution in [0, 0.1) is 5.92 Å². The Labute approximate surface area is 115 Å². The van der Waals surface area contributed by atoms with Crippen LogP contribution in [0.1, 0.15) is 12.0 Å². The molecule has 1 aromatic carbocycles. The molecule has 0 aromatic heterocycles. The summed E-state index contributed by atoms with van der Waals surface area (Å²) < 4.78 is 10.7. The Hall–Kier alpha value is -1.26. The molecule has 19 heavy (non-hydrogen) atoms. The lowest BCUT2D eigenvalue weighted by Gasteiger charge is -2.15. The topological polar surface area (TPSA) is 33.7 Å². The molecule has 1 aliphatic rings. The molecule has 1 saturated heterocycles. The first kappa shape index (κ1) is 14.2. The normalized spacial score (nSPS) is 19.6. The molecule has 0 amide bonds. The largest absolute Gasteiger partial charge is 0.493 e. The van der Waals surface area contributed by atoms with Crippen molar-refractivity contribution in [3.05, 3.63) is 23.8 Å². The fraction of sp³-hybridized carbons (Fsp3) is 0.600. The molecule has 0 saturated carbocycles. The third-order valence-electron chi connectivity index (χ3n) is 3.72. The van der Waals surface area contributed by atoms with E-state index in [1.54, 1.807) is 14.2 Å². The van der Waals surface area contributed by atoms with Gasteiger partial charge in [0.1, 0.15) is 0 Å². The summed E-state index contributed by atoms with van der Waals surface area (Å²) in [4.78, 5) is 2.39. The maximum atomic E-state index is 5.43. The van der Waals surface area contributed by atoms with E-state index in [0.717, 1.165) is 36.1 Å². The van der Waals surface area contributed by atoms with Crippen LogP contribution in [0.3, 0.4) is 0 Å². The molecule has 0 spiro atoms. The second-order valence-corrected chi connectivity index (χ2v) is 5.20. The number of ether oxygens (including phenoxy) is 2. The number of likely N-dealkylation sites (tertiary alicyclic amines) is 1. The lowest BCUT2D eigenvalue weighted by molar-refractivity contribution is 0.349. The van der Waals surface area contributed by atoms with Crippen LogP contribution < -0.4 is 14.8 Å². The lowest BCUT2D eigenvalue weighted by atomic mass is 10.1. The fourth-order valence-electron chi connectivity index (χ4n) is 2.70. The minimum atomic E-state index is 0.765. The predicted molar refractivity (Wildman–Crippen MR) is 76.9 cm³/mol. The van der Waals surface area contributed by atoms with Gasteiger partial charge < -0.3 is 19.7 Å². The van der Waals surface area contributed by atoms with Crippen molar-refractivity contribution in [2.75, 3.05) is 40.9 Å². The fourth-order valence-corrected chi connectivity index (χ4v) is 2.70. The molecular formula is C15H24N2O2. The molecule has 4 heteroatoms. The highest BCUT2D eigenvalue weighted by Gasteiger charge is 2.19. The molecule has 106 valence electrons. The van der Waals surface area contributed by atoms with Gasteiger partial charge in [0.25, 0.3) is 0 Å². The lowest BCUT2D eigenvalue weighted by Crippen LogP contribution is -2.24. The summed E-state index contributed by atoms with van der Waals surface area (Å²) in [6.45, 7) is 4.29. The predicted octanol–water partition coefficient (Wildman–Crippen LogP) is 1.75. The standard InChI is InChI=1S/C15H24N2O2/c1-17-8-7-12(11-17)9-16-10-13-5-4-6-14(18-2)15(13)19-3/h4-6,12,16H,7-11H2,1-3H3. The van der Waals surface area contributed by atoms with E-state index in [0.29, 0.717) is 0 Å². The van der Waals surface area contributed by atoms with Gasteiger partial charge in [-0.1, -0.05) is 12.1 Å². The molecule has 0 aliphatic carbocycles. The molecule has 1 heterocycles. The maximum absolute atomic E-state index is 5.43. The van der Waals surface area contributed by atoms with Gasteiger partial charge in [-0.3, -0.25) is 0 Å². The summed E-state index contributed by atoms with van der Waals surface area (Å²) in [5.74, 6) is 2.39. The second kappa shape index (κ2) is 6.78. The van der Waals surface area contributed by atoms with Crippen molar-refractivity contribution in [2.24, 2.45) is 5.92 Å². The molecule has 1 unspecified atom stereocenters. The average Bonchev–Trinajstić information content (AvgIpc) is 2.84. The van der Waals surface area contributed by atoms with E-state index in [4.69, 9.17) is 9.47 Å². The maximum Gasteiger partial charge on any atom is 0.165 e. The number of hydrogen-bond donors (Lipinski definition) is 1. The molecular weight excluding hydrogens is 240 g/mol. The summed E-state index contributed by atoms with van der Waals surface area (Å²) >= 11 is 0. The first-order chi connectivity index (χ1) is 9.24. The van der Waals surface area contributed by atoms with Crippen LogP contribution in [-0.2, 0) is 6.54 Å². The first-order valence-electron chi connectivity index (χ1n) is 6.83. The number of hydrogen-bond acceptors (Lipinski definition) is 4. The van der Waals surface area contributed by atoms with Crippen LogP contribution >= 0.6 is 0 Å². The van der Waals surface area contributed by atoms with Crippen LogP contribution in [0.4, 0.5) is 0 Å². The Kier molecular flexibility index (Phi) is 5.05. The highest BCUT2D eigenvalue weighted by atomic mass is 16.5. The van der Waals surface area contributed by atoms with E-state index in [1.807, 2.05) is 12.1 Å². The molecule has 2 rings (SSSR count). The second-order valence-electron chi connectivity index (χ2n) is 5.20. The zero-order chi connectivity index (χ0) is 13.7. The Balaban J connectivity index is 1.88. The van der Waals surface area contributed by atoms with E-state index in [2.05, 4.69) is 23.3 Å². The Morgan fingerprint density at radius 2 is 2.16 bits per heavy atom. The van der Waals surface area contributed by atoms with Crippen LogP contribution in [0.15, 0.2) is 18.2 Å². The van der Waals surface area contributed by atoms with Gasteiger partial charge in [0.05, 0.1) is 14.2 Å². The van der Waals surface area contributed by atoms with Crippen molar-refractivity contribution in [2.45, 2.75) is 13.0 Å². The van der Waals surface area contributed by atoms with Gasteiger partial charge in [0, 0.05) is 18.7 Å². The van der Waals surface area contributed by atoms with Gasteiger partial charge in [-0.2, -0.15) is 0 Å². The van der Waals surface area contributed by atoms with Crippen LogP contribution in [0.5, 0.6) is 11.5 Å². The molecule has 0 bridgehead atoms.